The highest BCUT2D eigenvalue weighted by molar-refractivity contribution is 5.07. The number of rotatable bonds is 4. The van der Waals surface area contributed by atoms with Gasteiger partial charge in [-0.05, 0) is 43.9 Å². The van der Waals surface area contributed by atoms with E-state index >= 15 is 0 Å². The molecule has 32 heavy (non-hydrogen) atoms. The van der Waals surface area contributed by atoms with E-state index in [4.69, 9.17) is 9.47 Å². The number of morpholine rings is 2. The molecule has 6 unspecified atom stereocenters. The highest BCUT2D eigenvalue weighted by atomic mass is 16.5. The normalized spacial score (nSPS) is 43.1. The number of piperidine rings is 1. The van der Waals surface area contributed by atoms with Crippen LogP contribution in [0.15, 0.2) is 0 Å². The first-order valence-electron chi connectivity index (χ1n) is 13.8. The first-order valence-corrected chi connectivity index (χ1v) is 13.8. The molecule has 2 N–H and O–H groups in total. The summed E-state index contributed by atoms with van der Waals surface area (Å²) in [5.41, 5.74) is 4.11. The summed E-state index contributed by atoms with van der Waals surface area (Å²) in [6, 6.07) is 2.08. The van der Waals surface area contributed by atoms with E-state index in [1.165, 1.54) is 57.9 Å². The second-order valence-electron chi connectivity index (χ2n) is 11.3. The van der Waals surface area contributed by atoms with Crippen molar-refractivity contribution < 1.29 is 9.47 Å². The largest absolute Gasteiger partial charge is 0.379 e. The summed E-state index contributed by atoms with van der Waals surface area (Å²) in [5, 5.41) is 6.75. The summed E-state index contributed by atoms with van der Waals surface area (Å²) in [5.74, 6) is 2.38. The molecule has 4 aliphatic heterocycles. The average molecular weight is 448 g/mol. The lowest BCUT2D eigenvalue weighted by molar-refractivity contribution is -0.0355. The molecule has 6 fully saturated rings. The van der Waals surface area contributed by atoms with E-state index in [-0.39, 0.29) is 0 Å². The van der Waals surface area contributed by atoms with Gasteiger partial charge in [0.15, 0.2) is 0 Å². The first kappa shape index (κ1) is 22.2. The topological polar surface area (TPSA) is 52.2 Å². The molecule has 0 aromatic rings. The van der Waals surface area contributed by atoms with Crippen molar-refractivity contribution in [3.63, 3.8) is 0 Å². The first-order chi connectivity index (χ1) is 15.9. The predicted molar refractivity (Wildman–Crippen MR) is 125 cm³/mol. The number of nitrogens with one attached hydrogen (secondary N) is 2. The molecule has 4 saturated heterocycles. The van der Waals surface area contributed by atoms with E-state index in [1.807, 2.05) is 0 Å². The molecule has 0 aromatic heterocycles. The van der Waals surface area contributed by atoms with Crippen molar-refractivity contribution in [3.8, 4) is 0 Å². The molecular formula is C25H45N5O2. The van der Waals surface area contributed by atoms with Gasteiger partial charge in [-0.2, -0.15) is 0 Å². The Bertz CT molecular complexity index is 605. The number of ether oxygens (including phenoxy) is 2. The third-order valence-electron chi connectivity index (χ3n) is 9.64. The van der Waals surface area contributed by atoms with Gasteiger partial charge in [0.25, 0.3) is 0 Å². The quantitative estimate of drug-likeness (QED) is 0.677. The lowest BCUT2D eigenvalue weighted by atomic mass is 9.68. The number of hydrazine groups is 1. The maximum Gasteiger partial charge on any atom is 0.0780 e. The Morgan fingerprint density at radius 2 is 1.50 bits per heavy atom. The fourth-order valence-corrected chi connectivity index (χ4v) is 7.96. The summed E-state index contributed by atoms with van der Waals surface area (Å²) < 4.78 is 11.4. The summed E-state index contributed by atoms with van der Waals surface area (Å²) in [7, 11) is 0. The van der Waals surface area contributed by atoms with E-state index in [0.29, 0.717) is 18.2 Å². The lowest BCUT2D eigenvalue weighted by Crippen LogP contribution is -2.62. The molecule has 2 aliphatic carbocycles. The van der Waals surface area contributed by atoms with Gasteiger partial charge in [0.2, 0.25) is 0 Å². The van der Waals surface area contributed by atoms with Crippen LogP contribution in [0.2, 0.25) is 0 Å². The maximum atomic E-state index is 5.73. The number of fused-ring (bicyclic) bond motifs is 3. The molecule has 7 heteroatoms. The van der Waals surface area contributed by atoms with Crippen molar-refractivity contribution in [2.75, 3.05) is 65.7 Å². The molecule has 6 atom stereocenters. The summed E-state index contributed by atoms with van der Waals surface area (Å²) in [6.07, 6.45) is 11.7. The van der Waals surface area contributed by atoms with Crippen LogP contribution in [0.5, 0.6) is 0 Å². The van der Waals surface area contributed by atoms with Crippen LogP contribution < -0.4 is 10.7 Å². The minimum atomic E-state index is 0.491. The van der Waals surface area contributed by atoms with Crippen molar-refractivity contribution in [2.45, 2.75) is 75.7 Å². The fraction of sp³-hybridized carbons (Fsp3) is 1.00. The Morgan fingerprint density at radius 3 is 2.25 bits per heavy atom. The van der Waals surface area contributed by atoms with E-state index in [2.05, 4.69) is 25.6 Å². The Morgan fingerprint density at radius 1 is 0.781 bits per heavy atom. The third-order valence-corrected chi connectivity index (χ3v) is 9.64. The lowest BCUT2D eigenvalue weighted by Gasteiger charge is -2.51. The molecule has 0 radical (unpaired) electrons. The summed E-state index contributed by atoms with van der Waals surface area (Å²) in [4.78, 5) is 5.47. The zero-order chi connectivity index (χ0) is 21.3. The fourth-order valence-electron chi connectivity index (χ4n) is 7.96. The Hall–Kier alpha value is -0.280. The van der Waals surface area contributed by atoms with Crippen LogP contribution in [0.3, 0.4) is 0 Å². The Labute approximate surface area is 194 Å². The summed E-state index contributed by atoms with van der Waals surface area (Å²) >= 11 is 0. The van der Waals surface area contributed by atoms with Crippen molar-refractivity contribution >= 4 is 0 Å². The van der Waals surface area contributed by atoms with Gasteiger partial charge in [-0.3, -0.25) is 9.80 Å². The standard InChI is InChI=1S/C25H45N5O2/c1-2-4-19(5-3-1)18-30-23-17-26-22-7-6-20(28-8-12-31-13-9-28)16-21(22)24(23)25(27-30)29-10-14-32-15-11-29/h19-27H,1-18H2. The zero-order valence-corrected chi connectivity index (χ0v) is 19.9. The van der Waals surface area contributed by atoms with E-state index in [9.17, 15) is 0 Å². The molecule has 182 valence electrons. The minimum absolute atomic E-state index is 0.491. The molecule has 7 nitrogen and oxygen atoms in total. The average Bonchev–Trinajstić information content (AvgIpc) is 3.24. The van der Waals surface area contributed by atoms with Gasteiger partial charge in [0, 0.05) is 63.3 Å². The minimum Gasteiger partial charge on any atom is -0.379 e. The van der Waals surface area contributed by atoms with Crippen molar-refractivity contribution in [3.05, 3.63) is 0 Å². The Kier molecular flexibility index (Phi) is 7.04. The molecule has 6 rings (SSSR count). The molecule has 2 saturated carbocycles. The predicted octanol–water partition coefficient (Wildman–Crippen LogP) is 1.50. The van der Waals surface area contributed by atoms with Crippen molar-refractivity contribution in [1.82, 2.24) is 25.6 Å². The van der Waals surface area contributed by atoms with Gasteiger partial charge in [-0.1, -0.05) is 19.3 Å². The second kappa shape index (κ2) is 10.1. The smallest absolute Gasteiger partial charge is 0.0780 e. The van der Waals surface area contributed by atoms with Crippen LogP contribution in [0.4, 0.5) is 0 Å². The highest BCUT2D eigenvalue weighted by Crippen LogP contribution is 2.43. The van der Waals surface area contributed by atoms with Crippen LogP contribution in [0, 0.1) is 17.8 Å². The van der Waals surface area contributed by atoms with Gasteiger partial charge >= 0.3 is 0 Å². The van der Waals surface area contributed by atoms with Gasteiger partial charge in [0.1, 0.15) is 0 Å². The number of hydrogen-bond acceptors (Lipinski definition) is 7. The van der Waals surface area contributed by atoms with Crippen LogP contribution >= 0.6 is 0 Å². The van der Waals surface area contributed by atoms with E-state index in [0.717, 1.165) is 82.9 Å². The molecule has 0 aromatic carbocycles. The van der Waals surface area contributed by atoms with Crippen LogP contribution in [0.1, 0.15) is 51.4 Å². The SMILES string of the molecule is C1CCC(CN2NC(N3CCOCC3)C3C4CC(N5CCOCC5)CCC4NCC32)CC1. The number of nitrogens with zero attached hydrogens (tertiary/aromatic N) is 3. The molecule has 0 amide bonds. The summed E-state index contributed by atoms with van der Waals surface area (Å²) in [6.45, 7) is 10.4. The highest BCUT2D eigenvalue weighted by Gasteiger charge is 2.54. The third kappa shape index (κ3) is 4.51. The molecule has 6 aliphatic rings. The van der Waals surface area contributed by atoms with E-state index in [1.54, 1.807) is 0 Å². The maximum absolute atomic E-state index is 5.73. The van der Waals surface area contributed by atoms with Crippen LogP contribution in [0.25, 0.3) is 0 Å². The van der Waals surface area contributed by atoms with Gasteiger partial charge in [-0.15, -0.1) is 0 Å². The second-order valence-corrected chi connectivity index (χ2v) is 11.3. The molecule has 4 heterocycles. The van der Waals surface area contributed by atoms with E-state index < -0.39 is 0 Å². The monoisotopic (exact) mass is 447 g/mol. The van der Waals surface area contributed by atoms with Gasteiger partial charge in [-0.25, -0.2) is 10.4 Å². The molecular weight excluding hydrogens is 402 g/mol. The van der Waals surface area contributed by atoms with Crippen LogP contribution in [-0.2, 0) is 9.47 Å². The number of hydrogen-bond donors (Lipinski definition) is 2. The molecule has 0 spiro atoms. The van der Waals surface area contributed by atoms with Crippen LogP contribution in [-0.4, -0.2) is 105 Å². The van der Waals surface area contributed by atoms with Crippen molar-refractivity contribution in [1.29, 1.82) is 0 Å². The van der Waals surface area contributed by atoms with Gasteiger partial charge < -0.3 is 14.8 Å². The zero-order valence-electron chi connectivity index (χ0n) is 19.9. The molecule has 0 bridgehead atoms. The van der Waals surface area contributed by atoms with Crippen molar-refractivity contribution in [2.24, 2.45) is 17.8 Å². The Balaban J connectivity index is 1.21. The van der Waals surface area contributed by atoms with Gasteiger partial charge in [0.05, 0.1) is 32.6 Å².